The minimum Gasteiger partial charge on any atom is -0.496 e. The fourth-order valence-corrected chi connectivity index (χ4v) is 5.27. The van der Waals surface area contributed by atoms with E-state index in [1.165, 1.54) is 24.2 Å². The highest BCUT2D eigenvalue weighted by atomic mass is 32.1. The molecule has 0 spiro atoms. The average Bonchev–Trinajstić information content (AvgIpc) is 3.47. The van der Waals surface area contributed by atoms with Gasteiger partial charge in [-0.15, -0.1) is 10.2 Å². The summed E-state index contributed by atoms with van der Waals surface area (Å²) in [5, 5.41) is 15.7. The Morgan fingerprint density at radius 1 is 1.12 bits per heavy atom. The van der Waals surface area contributed by atoms with Gasteiger partial charge in [-0.2, -0.15) is 0 Å². The van der Waals surface area contributed by atoms with Crippen LogP contribution < -0.4 is 25.0 Å². The van der Waals surface area contributed by atoms with Crippen molar-refractivity contribution in [2.24, 2.45) is 0 Å². The van der Waals surface area contributed by atoms with Gasteiger partial charge >= 0.3 is 6.03 Å². The van der Waals surface area contributed by atoms with Gasteiger partial charge in [0.05, 0.1) is 14.2 Å². The van der Waals surface area contributed by atoms with E-state index < -0.39 is 0 Å². The number of nitrogens with one attached hydrogen (secondary N) is 2. The predicted molar refractivity (Wildman–Crippen MR) is 126 cm³/mol. The molecule has 1 saturated carbocycles. The number of aromatic nitrogens is 2. The smallest absolute Gasteiger partial charge is 0.321 e. The molecule has 4 rings (SSSR count). The topological polar surface area (TPSA) is 91.9 Å². The zero-order valence-corrected chi connectivity index (χ0v) is 19.8. The summed E-state index contributed by atoms with van der Waals surface area (Å²) in [4.78, 5) is 16.8. The molecule has 0 bridgehead atoms. The van der Waals surface area contributed by atoms with E-state index in [2.05, 4.69) is 36.7 Å². The summed E-state index contributed by atoms with van der Waals surface area (Å²) in [5.74, 6) is 1.73. The van der Waals surface area contributed by atoms with Crippen LogP contribution in [0.25, 0.3) is 0 Å². The first-order chi connectivity index (χ1) is 15.6. The van der Waals surface area contributed by atoms with E-state index in [0.29, 0.717) is 5.13 Å². The maximum absolute atomic E-state index is 12.2. The van der Waals surface area contributed by atoms with Crippen molar-refractivity contribution >= 4 is 27.6 Å². The minimum atomic E-state index is -0.187. The highest BCUT2D eigenvalue weighted by Crippen LogP contribution is 2.32. The largest absolute Gasteiger partial charge is 0.496 e. The standard InChI is InChI=1S/C22H32N6O3S/c1-15-18(30-2)9-8-16(19(15)31-3)14-27-10-12-28(13-11-27)22-26-25-21(32-22)24-20(29)23-17-6-4-5-7-17/h8-9,17H,4-7,10-14H2,1-3H3,(H2,23,24,25,29). The number of carbonyl (C=O) groups excluding carboxylic acids is 1. The highest BCUT2D eigenvalue weighted by molar-refractivity contribution is 7.19. The number of rotatable bonds is 7. The summed E-state index contributed by atoms with van der Waals surface area (Å²) < 4.78 is 11.1. The number of methoxy groups -OCH3 is 2. The van der Waals surface area contributed by atoms with E-state index in [9.17, 15) is 4.79 Å². The number of amides is 2. The third kappa shape index (κ3) is 5.24. The maximum Gasteiger partial charge on any atom is 0.321 e. The third-order valence-corrected chi connectivity index (χ3v) is 7.12. The molecule has 1 aliphatic carbocycles. The van der Waals surface area contributed by atoms with Crippen LogP contribution in [-0.2, 0) is 6.54 Å². The van der Waals surface area contributed by atoms with Crippen LogP contribution in [0.3, 0.4) is 0 Å². The number of hydrogen-bond acceptors (Lipinski definition) is 8. The van der Waals surface area contributed by atoms with Crippen molar-refractivity contribution in [3.8, 4) is 11.5 Å². The molecule has 0 atom stereocenters. The monoisotopic (exact) mass is 460 g/mol. The van der Waals surface area contributed by atoms with E-state index >= 15 is 0 Å². The van der Waals surface area contributed by atoms with Gasteiger partial charge in [-0.25, -0.2) is 4.79 Å². The fourth-order valence-electron chi connectivity index (χ4n) is 4.48. The highest BCUT2D eigenvalue weighted by Gasteiger charge is 2.23. The van der Waals surface area contributed by atoms with Gasteiger partial charge in [0.25, 0.3) is 0 Å². The molecule has 1 saturated heterocycles. The molecule has 2 N–H and O–H groups in total. The number of ether oxygens (including phenoxy) is 2. The van der Waals surface area contributed by atoms with Gasteiger partial charge in [-0.05, 0) is 25.8 Å². The molecule has 10 heteroatoms. The summed E-state index contributed by atoms with van der Waals surface area (Å²) in [6.07, 6.45) is 4.48. The van der Waals surface area contributed by atoms with Crippen LogP contribution in [0.4, 0.5) is 15.1 Å². The number of hydrogen-bond donors (Lipinski definition) is 2. The van der Waals surface area contributed by atoms with E-state index in [1.807, 2.05) is 13.0 Å². The van der Waals surface area contributed by atoms with Gasteiger partial charge in [0.2, 0.25) is 10.3 Å². The Labute approximate surface area is 193 Å². The summed E-state index contributed by atoms with van der Waals surface area (Å²) in [5.41, 5.74) is 2.19. The molecule has 0 unspecified atom stereocenters. The molecular formula is C22H32N6O3S. The van der Waals surface area contributed by atoms with Crippen LogP contribution >= 0.6 is 11.3 Å². The van der Waals surface area contributed by atoms with Gasteiger partial charge in [0.15, 0.2) is 0 Å². The lowest BCUT2D eigenvalue weighted by molar-refractivity contribution is 0.245. The van der Waals surface area contributed by atoms with Crippen molar-refractivity contribution in [2.45, 2.75) is 45.2 Å². The molecule has 1 aliphatic heterocycles. The first-order valence-electron chi connectivity index (χ1n) is 11.2. The molecule has 174 valence electrons. The summed E-state index contributed by atoms with van der Waals surface area (Å²) >= 11 is 1.42. The lowest BCUT2D eigenvalue weighted by Crippen LogP contribution is -2.46. The number of piperazine rings is 1. The van der Waals surface area contributed by atoms with Crippen LogP contribution in [0.15, 0.2) is 12.1 Å². The van der Waals surface area contributed by atoms with Crippen molar-refractivity contribution in [1.29, 1.82) is 0 Å². The molecule has 2 heterocycles. The summed E-state index contributed by atoms with van der Waals surface area (Å²) in [7, 11) is 3.38. The predicted octanol–water partition coefficient (Wildman–Crippen LogP) is 3.25. The van der Waals surface area contributed by atoms with Crippen LogP contribution in [0.5, 0.6) is 11.5 Å². The summed E-state index contributed by atoms with van der Waals surface area (Å²) in [6.45, 7) is 6.40. The van der Waals surface area contributed by atoms with Crippen molar-refractivity contribution in [2.75, 3.05) is 50.6 Å². The Morgan fingerprint density at radius 2 is 1.88 bits per heavy atom. The zero-order chi connectivity index (χ0) is 22.5. The van der Waals surface area contributed by atoms with Crippen LogP contribution in [0.2, 0.25) is 0 Å². The first-order valence-corrected chi connectivity index (χ1v) is 12.0. The van der Waals surface area contributed by atoms with Gasteiger partial charge < -0.3 is 19.7 Å². The number of urea groups is 1. The zero-order valence-electron chi connectivity index (χ0n) is 19.0. The molecule has 2 amide bonds. The number of carbonyl (C=O) groups is 1. The normalized spacial score (nSPS) is 17.4. The molecule has 2 aliphatic rings. The van der Waals surface area contributed by atoms with Gasteiger partial charge in [-0.1, -0.05) is 30.2 Å². The minimum absolute atomic E-state index is 0.187. The molecule has 1 aromatic heterocycles. The Morgan fingerprint density at radius 3 is 2.56 bits per heavy atom. The number of anilines is 2. The number of benzene rings is 1. The SMILES string of the molecule is COc1ccc(CN2CCN(c3nnc(NC(=O)NC4CCCC4)s3)CC2)c(OC)c1C. The Bertz CT molecular complexity index is 922. The van der Waals surface area contributed by atoms with Crippen LogP contribution in [-0.4, -0.2) is 67.6 Å². The third-order valence-electron chi connectivity index (χ3n) is 6.22. The van der Waals surface area contributed by atoms with E-state index in [1.54, 1.807) is 14.2 Å². The van der Waals surface area contributed by atoms with E-state index in [4.69, 9.17) is 9.47 Å². The molecule has 2 fully saturated rings. The Kier molecular flexibility index (Phi) is 7.31. The molecule has 0 radical (unpaired) electrons. The van der Waals surface area contributed by atoms with Crippen molar-refractivity contribution < 1.29 is 14.3 Å². The second kappa shape index (κ2) is 10.4. The molecular weight excluding hydrogens is 428 g/mol. The van der Waals surface area contributed by atoms with Crippen LogP contribution in [0, 0.1) is 6.92 Å². The van der Waals surface area contributed by atoms with Crippen molar-refractivity contribution in [3.63, 3.8) is 0 Å². The second-order valence-corrected chi connectivity index (χ2v) is 9.27. The average molecular weight is 461 g/mol. The summed E-state index contributed by atoms with van der Waals surface area (Å²) in [6, 6.07) is 4.18. The lowest BCUT2D eigenvalue weighted by Gasteiger charge is -2.34. The molecule has 32 heavy (non-hydrogen) atoms. The Hall–Kier alpha value is -2.59. The van der Waals surface area contributed by atoms with Gasteiger partial charge in [0.1, 0.15) is 11.5 Å². The van der Waals surface area contributed by atoms with Gasteiger partial charge in [-0.3, -0.25) is 10.2 Å². The maximum atomic E-state index is 12.2. The molecule has 1 aromatic carbocycles. The van der Waals surface area contributed by atoms with Crippen molar-refractivity contribution in [1.82, 2.24) is 20.4 Å². The number of nitrogens with zero attached hydrogens (tertiary/aromatic N) is 4. The van der Waals surface area contributed by atoms with Gasteiger partial charge in [0, 0.05) is 49.9 Å². The quantitative estimate of drug-likeness (QED) is 0.655. The molecule has 2 aromatic rings. The second-order valence-electron chi connectivity index (χ2n) is 8.32. The van der Waals surface area contributed by atoms with E-state index in [-0.39, 0.29) is 12.1 Å². The Balaban J connectivity index is 1.29. The van der Waals surface area contributed by atoms with Crippen molar-refractivity contribution in [3.05, 3.63) is 23.3 Å². The first kappa shape index (κ1) is 22.6. The molecule has 9 nitrogen and oxygen atoms in total. The van der Waals surface area contributed by atoms with E-state index in [0.717, 1.165) is 73.3 Å². The lowest BCUT2D eigenvalue weighted by atomic mass is 10.1. The van der Waals surface area contributed by atoms with Crippen LogP contribution in [0.1, 0.15) is 36.8 Å². The fraction of sp³-hybridized carbons (Fsp3) is 0.591.